The topological polar surface area (TPSA) is 29.0 Å². The number of anilines is 1. The molecule has 0 amide bonds. The SMILES string of the molecule is CC(C)N(Cc1cccs1)c1cc(Br)nc(C(C)(C)C)n1. The first kappa shape index (κ1) is 16.4. The van der Waals surface area contributed by atoms with Gasteiger partial charge in [0.2, 0.25) is 0 Å². The fourth-order valence-electron chi connectivity index (χ4n) is 1.99. The number of halogens is 1. The maximum atomic E-state index is 4.80. The van der Waals surface area contributed by atoms with Gasteiger partial charge in [-0.05, 0) is 41.2 Å². The highest BCUT2D eigenvalue weighted by atomic mass is 79.9. The van der Waals surface area contributed by atoms with Crippen molar-refractivity contribution in [2.45, 2.75) is 52.6 Å². The Morgan fingerprint density at radius 3 is 2.52 bits per heavy atom. The van der Waals surface area contributed by atoms with E-state index in [0.717, 1.165) is 22.8 Å². The third-order valence-corrected chi connectivity index (χ3v) is 4.44. The Bertz CT molecular complexity index is 588. The number of hydrogen-bond donors (Lipinski definition) is 0. The summed E-state index contributed by atoms with van der Waals surface area (Å²) in [4.78, 5) is 13.0. The Balaban J connectivity index is 2.38. The molecule has 0 saturated heterocycles. The quantitative estimate of drug-likeness (QED) is 0.710. The van der Waals surface area contributed by atoms with Gasteiger partial charge in [-0.3, -0.25) is 0 Å². The van der Waals surface area contributed by atoms with Crippen LogP contribution in [-0.4, -0.2) is 16.0 Å². The minimum atomic E-state index is -0.0654. The summed E-state index contributed by atoms with van der Waals surface area (Å²) >= 11 is 5.31. The Kier molecular flexibility index (Phi) is 5.04. The second kappa shape index (κ2) is 6.44. The standard InChI is InChI=1S/C16H22BrN3S/c1-11(2)20(10-12-7-6-8-21-12)14-9-13(17)18-15(19-14)16(3,4)5/h6-9,11H,10H2,1-5H3. The van der Waals surface area contributed by atoms with E-state index >= 15 is 0 Å². The van der Waals surface area contributed by atoms with Gasteiger partial charge in [-0.1, -0.05) is 26.8 Å². The lowest BCUT2D eigenvalue weighted by Crippen LogP contribution is -2.31. The molecule has 2 aromatic rings. The lowest BCUT2D eigenvalue weighted by atomic mass is 9.96. The molecule has 2 heterocycles. The van der Waals surface area contributed by atoms with E-state index in [2.05, 4.69) is 77.9 Å². The largest absolute Gasteiger partial charge is 0.349 e. The highest BCUT2D eigenvalue weighted by Crippen LogP contribution is 2.27. The zero-order valence-corrected chi connectivity index (χ0v) is 15.6. The molecule has 0 N–H and O–H groups in total. The molecule has 0 saturated carbocycles. The number of rotatable bonds is 4. The molecule has 5 heteroatoms. The molecule has 2 aromatic heterocycles. The Morgan fingerprint density at radius 2 is 2.00 bits per heavy atom. The summed E-state index contributed by atoms with van der Waals surface area (Å²) in [5.41, 5.74) is -0.0654. The maximum Gasteiger partial charge on any atom is 0.137 e. The van der Waals surface area contributed by atoms with E-state index in [-0.39, 0.29) is 5.41 Å². The van der Waals surface area contributed by atoms with Crippen molar-refractivity contribution in [2.75, 3.05) is 4.90 Å². The molecule has 0 bridgehead atoms. The van der Waals surface area contributed by atoms with Crippen molar-refractivity contribution in [3.63, 3.8) is 0 Å². The van der Waals surface area contributed by atoms with Crippen LogP contribution in [0.2, 0.25) is 0 Å². The second-order valence-corrected chi connectivity index (χ2v) is 8.27. The molecule has 0 spiro atoms. The predicted octanol–water partition coefficient (Wildman–Crippen LogP) is 5.01. The Labute approximate surface area is 139 Å². The molecule has 0 aliphatic heterocycles. The van der Waals surface area contributed by atoms with Gasteiger partial charge in [-0.15, -0.1) is 11.3 Å². The van der Waals surface area contributed by atoms with Crippen molar-refractivity contribution in [3.05, 3.63) is 38.9 Å². The van der Waals surface area contributed by atoms with E-state index in [1.54, 1.807) is 11.3 Å². The molecular formula is C16H22BrN3S. The van der Waals surface area contributed by atoms with Crippen molar-refractivity contribution in [1.82, 2.24) is 9.97 Å². The number of hydrogen-bond acceptors (Lipinski definition) is 4. The smallest absolute Gasteiger partial charge is 0.137 e. The average Bonchev–Trinajstić information content (AvgIpc) is 2.86. The highest BCUT2D eigenvalue weighted by molar-refractivity contribution is 9.10. The molecule has 0 aliphatic carbocycles. The summed E-state index contributed by atoms with van der Waals surface area (Å²) in [5, 5.41) is 2.12. The van der Waals surface area contributed by atoms with Crippen LogP contribution in [0.4, 0.5) is 5.82 Å². The van der Waals surface area contributed by atoms with Crippen LogP contribution in [0.25, 0.3) is 0 Å². The van der Waals surface area contributed by atoms with Crippen LogP contribution in [-0.2, 0) is 12.0 Å². The highest BCUT2D eigenvalue weighted by Gasteiger charge is 2.21. The zero-order valence-electron chi connectivity index (χ0n) is 13.2. The molecule has 114 valence electrons. The van der Waals surface area contributed by atoms with Crippen LogP contribution >= 0.6 is 27.3 Å². The van der Waals surface area contributed by atoms with Gasteiger partial charge in [0.15, 0.2) is 0 Å². The summed E-state index contributed by atoms with van der Waals surface area (Å²) in [6, 6.07) is 6.64. The summed E-state index contributed by atoms with van der Waals surface area (Å²) in [6.07, 6.45) is 0. The van der Waals surface area contributed by atoms with E-state index in [0.29, 0.717) is 6.04 Å². The third kappa shape index (κ3) is 4.27. The molecule has 2 rings (SSSR count). The maximum absolute atomic E-state index is 4.80. The van der Waals surface area contributed by atoms with Crippen molar-refractivity contribution in [2.24, 2.45) is 0 Å². The number of thiophene rings is 1. The lowest BCUT2D eigenvalue weighted by molar-refractivity contribution is 0.539. The van der Waals surface area contributed by atoms with E-state index in [1.807, 2.05) is 6.07 Å². The molecule has 3 nitrogen and oxygen atoms in total. The fourth-order valence-corrected chi connectivity index (χ4v) is 3.06. The first-order valence-corrected chi connectivity index (χ1v) is 8.78. The van der Waals surface area contributed by atoms with Gasteiger partial charge >= 0.3 is 0 Å². The second-order valence-electron chi connectivity index (χ2n) is 6.42. The minimum Gasteiger partial charge on any atom is -0.349 e. The first-order chi connectivity index (χ1) is 9.77. The van der Waals surface area contributed by atoms with E-state index in [4.69, 9.17) is 4.98 Å². The Morgan fingerprint density at radius 1 is 1.29 bits per heavy atom. The van der Waals surface area contributed by atoms with Crippen molar-refractivity contribution >= 4 is 33.1 Å². The molecule has 0 aliphatic rings. The molecular weight excluding hydrogens is 346 g/mol. The van der Waals surface area contributed by atoms with Crippen molar-refractivity contribution < 1.29 is 0 Å². The van der Waals surface area contributed by atoms with Crippen LogP contribution in [0.15, 0.2) is 28.2 Å². The van der Waals surface area contributed by atoms with Crippen LogP contribution < -0.4 is 4.90 Å². The normalized spacial score (nSPS) is 12.0. The summed E-state index contributed by atoms with van der Waals surface area (Å²) in [7, 11) is 0. The minimum absolute atomic E-state index is 0.0654. The molecule has 0 fully saturated rings. The van der Waals surface area contributed by atoms with Crippen molar-refractivity contribution in [3.8, 4) is 0 Å². The van der Waals surface area contributed by atoms with Gasteiger partial charge in [0.25, 0.3) is 0 Å². The van der Waals surface area contributed by atoms with Gasteiger partial charge in [-0.2, -0.15) is 0 Å². The zero-order chi connectivity index (χ0) is 15.6. The van der Waals surface area contributed by atoms with Gasteiger partial charge in [0.05, 0.1) is 6.54 Å². The Hall–Kier alpha value is -0.940. The number of aromatic nitrogens is 2. The van der Waals surface area contributed by atoms with Gasteiger partial charge < -0.3 is 4.90 Å². The number of nitrogens with zero attached hydrogens (tertiary/aromatic N) is 3. The molecule has 0 unspecified atom stereocenters. The molecule has 0 radical (unpaired) electrons. The summed E-state index contributed by atoms with van der Waals surface area (Å²) in [6.45, 7) is 11.7. The molecule has 21 heavy (non-hydrogen) atoms. The van der Waals surface area contributed by atoms with Crippen LogP contribution in [0, 0.1) is 0 Å². The van der Waals surface area contributed by atoms with Crippen molar-refractivity contribution in [1.29, 1.82) is 0 Å². The summed E-state index contributed by atoms with van der Waals surface area (Å²) < 4.78 is 0.842. The lowest BCUT2D eigenvalue weighted by Gasteiger charge is -2.29. The van der Waals surface area contributed by atoms with Gasteiger partial charge in [0, 0.05) is 22.4 Å². The third-order valence-electron chi connectivity index (χ3n) is 3.18. The van der Waals surface area contributed by atoms with E-state index < -0.39 is 0 Å². The first-order valence-electron chi connectivity index (χ1n) is 7.11. The van der Waals surface area contributed by atoms with Crippen LogP contribution in [0.3, 0.4) is 0 Å². The van der Waals surface area contributed by atoms with E-state index in [1.165, 1.54) is 4.88 Å². The van der Waals surface area contributed by atoms with Crippen LogP contribution in [0.1, 0.15) is 45.3 Å². The molecule has 0 atom stereocenters. The van der Waals surface area contributed by atoms with E-state index in [9.17, 15) is 0 Å². The fraction of sp³-hybridized carbons (Fsp3) is 0.500. The molecule has 0 aromatic carbocycles. The summed E-state index contributed by atoms with van der Waals surface area (Å²) in [5.74, 6) is 1.84. The monoisotopic (exact) mass is 367 g/mol. The van der Waals surface area contributed by atoms with Gasteiger partial charge in [0.1, 0.15) is 16.2 Å². The van der Waals surface area contributed by atoms with Crippen LogP contribution in [0.5, 0.6) is 0 Å². The van der Waals surface area contributed by atoms with Gasteiger partial charge in [-0.25, -0.2) is 9.97 Å². The predicted molar refractivity (Wildman–Crippen MR) is 94.1 cm³/mol. The average molecular weight is 368 g/mol.